The molecule has 0 saturated heterocycles. The Morgan fingerprint density at radius 1 is 0.931 bits per heavy atom. The van der Waals surface area contributed by atoms with Crippen molar-refractivity contribution in [2.75, 3.05) is 23.7 Å². The normalized spacial score (nSPS) is 10.6. The van der Waals surface area contributed by atoms with Crippen molar-refractivity contribution >= 4 is 34.1 Å². The van der Waals surface area contributed by atoms with Crippen LogP contribution in [0.4, 0.5) is 17.3 Å². The van der Waals surface area contributed by atoms with Crippen molar-refractivity contribution < 1.29 is 4.79 Å². The summed E-state index contributed by atoms with van der Waals surface area (Å²) < 4.78 is 0. The zero-order valence-electron chi connectivity index (χ0n) is 15.7. The van der Waals surface area contributed by atoms with Crippen molar-refractivity contribution in [1.82, 2.24) is 25.5 Å². The molecule has 3 heterocycles. The molecule has 0 aliphatic carbocycles. The summed E-state index contributed by atoms with van der Waals surface area (Å²) in [7, 11) is 0. The van der Waals surface area contributed by atoms with Gasteiger partial charge in [0.2, 0.25) is 5.91 Å². The van der Waals surface area contributed by atoms with E-state index < -0.39 is 0 Å². The number of pyridine rings is 1. The van der Waals surface area contributed by atoms with E-state index in [4.69, 9.17) is 0 Å². The molecule has 0 unspecified atom stereocenters. The van der Waals surface area contributed by atoms with Crippen LogP contribution in [-0.2, 0) is 11.2 Å². The Labute approximate surface area is 167 Å². The molecular formula is C21H21N7O. The molecule has 0 aliphatic heterocycles. The fraction of sp³-hybridized carbons (Fsp3) is 0.143. The summed E-state index contributed by atoms with van der Waals surface area (Å²) in [5.41, 5.74) is 2.93. The maximum atomic E-state index is 12.2. The predicted octanol–water partition coefficient (Wildman–Crippen LogP) is 2.87. The fourth-order valence-corrected chi connectivity index (χ4v) is 2.98. The van der Waals surface area contributed by atoms with Crippen LogP contribution in [0.1, 0.15) is 5.56 Å². The SMILES string of the molecule is O=C(Cc1c[nH]c2ccccc12)NCCNc1ccc(Nc2ccncc2)nn1. The van der Waals surface area contributed by atoms with Gasteiger partial charge in [-0.1, -0.05) is 18.2 Å². The van der Waals surface area contributed by atoms with Gasteiger partial charge in [0.05, 0.1) is 6.42 Å². The number of amides is 1. The first-order chi connectivity index (χ1) is 14.3. The van der Waals surface area contributed by atoms with E-state index in [1.165, 1.54) is 0 Å². The largest absolute Gasteiger partial charge is 0.367 e. The van der Waals surface area contributed by atoms with Crippen LogP contribution in [0.25, 0.3) is 10.9 Å². The van der Waals surface area contributed by atoms with E-state index >= 15 is 0 Å². The smallest absolute Gasteiger partial charge is 0.224 e. The molecule has 8 nitrogen and oxygen atoms in total. The van der Waals surface area contributed by atoms with Gasteiger partial charge in [-0.05, 0) is 35.9 Å². The lowest BCUT2D eigenvalue weighted by Gasteiger charge is -2.08. The number of para-hydroxylation sites is 1. The van der Waals surface area contributed by atoms with E-state index in [2.05, 4.69) is 36.1 Å². The molecule has 3 aromatic heterocycles. The molecule has 4 N–H and O–H groups in total. The van der Waals surface area contributed by atoms with Gasteiger partial charge < -0.3 is 20.9 Å². The summed E-state index contributed by atoms with van der Waals surface area (Å²) in [5, 5.41) is 18.6. The lowest BCUT2D eigenvalue weighted by Crippen LogP contribution is -2.30. The summed E-state index contributed by atoms with van der Waals surface area (Å²) in [6.07, 6.45) is 5.65. The molecule has 4 aromatic rings. The summed E-state index contributed by atoms with van der Waals surface area (Å²) in [5.74, 6) is 1.28. The van der Waals surface area contributed by atoms with Gasteiger partial charge in [0.15, 0.2) is 5.82 Å². The first kappa shape index (κ1) is 18.4. The molecule has 0 aliphatic rings. The molecule has 0 radical (unpaired) electrons. The van der Waals surface area contributed by atoms with Crippen LogP contribution in [0.5, 0.6) is 0 Å². The van der Waals surface area contributed by atoms with Gasteiger partial charge in [0.25, 0.3) is 0 Å². The molecule has 29 heavy (non-hydrogen) atoms. The van der Waals surface area contributed by atoms with Crippen LogP contribution >= 0.6 is 0 Å². The Hall–Kier alpha value is -3.94. The van der Waals surface area contributed by atoms with E-state index in [1.54, 1.807) is 12.4 Å². The van der Waals surface area contributed by atoms with Crippen LogP contribution in [0.3, 0.4) is 0 Å². The van der Waals surface area contributed by atoms with Crippen LogP contribution in [0.15, 0.2) is 67.1 Å². The Morgan fingerprint density at radius 3 is 2.55 bits per heavy atom. The Bertz CT molecular complexity index is 1080. The quantitative estimate of drug-likeness (QED) is 0.346. The van der Waals surface area contributed by atoms with Crippen molar-refractivity contribution in [3.05, 3.63) is 72.7 Å². The second-order valence-corrected chi connectivity index (χ2v) is 6.48. The molecule has 0 spiro atoms. The van der Waals surface area contributed by atoms with Gasteiger partial charge in [-0.2, -0.15) is 0 Å². The van der Waals surface area contributed by atoms with Gasteiger partial charge in [-0.15, -0.1) is 10.2 Å². The maximum absolute atomic E-state index is 12.2. The van der Waals surface area contributed by atoms with E-state index in [-0.39, 0.29) is 5.91 Å². The highest BCUT2D eigenvalue weighted by atomic mass is 16.1. The van der Waals surface area contributed by atoms with Crippen molar-refractivity contribution in [1.29, 1.82) is 0 Å². The first-order valence-electron chi connectivity index (χ1n) is 9.34. The number of carbonyl (C=O) groups excluding carboxylic acids is 1. The zero-order valence-corrected chi connectivity index (χ0v) is 15.7. The van der Waals surface area contributed by atoms with Crippen LogP contribution in [0.2, 0.25) is 0 Å². The molecule has 8 heteroatoms. The van der Waals surface area contributed by atoms with E-state index in [0.717, 1.165) is 22.2 Å². The highest BCUT2D eigenvalue weighted by molar-refractivity contribution is 5.88. The topological polar surface area (TPSA) is 108 Å². The monoisotopic (exact) mass is 387 g/mol. The van der Waals surface area contributed by atoms with Crippen LogP contribution in [0, 0.1) is 0 Å². The number of aromatic amines is 1. The summed E-state index contributed by atoms with van der Waals surface area (Å²) in [6, 6.07) is 15.3. The first-order valence-corrected chi connectivity index (χ1v) is 9.34. The predicted molar refractivity (Wildman–Crippen MR) is 113 cm³/mol. The molecule has 4 rings (SSSR count). The van der Waals surface area contributed by atoms with Crippen molar-refractivity contribution in [3.8, 4) is 0 Å². The summed E-state index contributed by atoms with van der Waals surface area (Å²) in [6.45, 7) is 1.06. The molecule has 0 fully saturated rings. The molecule has 1 aromatic carbocycles. The molecule has 0 saturated carbocycles. The highest BCUT2D eigenvalue weighted by Gasteiger charge is 2.08. The molecule has 146 valence electrons. The Kier molecular flexibility index (Phi) is 5.61. The number of hydrogen-bond acceptors (Lipinski definition) is 6. The summed E-state index contributed by atoms with van der Waals surface area (Å²) >= 11 is 0. The number of nitrogens with one attached hydrogen (secondary N) is 4. The van der Waals surface area contributed by atoms with Gasteiger partial charge >= 0.3 is 0 Å². The van der Waals surface area contributed by atoms with Crippen molar-refractivity contribution in [2.45, 2.75) is 6.42 Å². The van der Waals surface area contributed by atoms with Crippen LogP contribution in [-0.4, -0.2) is 39.2 Å². The lowest BCUT2D eigenvalue weighted by molar-refractivity contribution is -0.120. The van der Waals surface area contributed by atoms with E-state index in [9.17, 15) is 4.79 Å². The van der Waals surface area contributed by atoms with Crippen molar-refractivity contribution in [3.63, 3.8) is 0 Å². The van der Waals surface area contributed by atoms with Gasteiger partial charge in [-0.25, -0.2) is 0 Å². The number of hydrogen-bond donors (Lipinski definition) is 4. The number of H-pyrrole nitrogens is 1. The lowest BCUT2D eigenvalue weighted by atomic mass is 10.1. The van der Waals surface area contributed by atoms with E-state index in [0.29, 0.717) is 31.1 Å². The van der Waals surface area contributed by atoms with Gasteiger partial charge in [0.1, 0.15) is 5.82 Å². The number of benzene rings is 1. The number of rotatable bonds is 8. The van der Waals surface area contributed by atoms with Crippen LogP contribution < -0.4 is 16.0 Å². The molecule has 1 amide bonds. The van der Waals surface area contributed by atoms with Gasteiger partial charge in [-0.3, -0.25) is 9.78 Å². The number of nitrogens with zero attached hydrogens (tertiary/aromatic N) is 3. The maximum Gasteiger partial charge on any atom is 0.224 e. The zero-order chi connectivity index (χ0) is 19.9. The number of aromatic nitrogens is 4. The highest BCUT2D eigenvalue weighted by Crippen LogP contribution is 2.18. The van der Waals surface area contributed by atoms with Crippen molar-refractivity contribution in [2.24, 2.45) is 0 Å². The number of anilines is 3. The standard InChI is InChI=1S/C21H21N7O/c29-21(13-15-14-25-18-4-2-1-3-17(15)18)24-12-11-23-19-5-6-20(28-27-19)26-16-7-9-22-10-8-16/h1-10,14,25H,11-13H2,(H,23,27)(H,24,29)(H,22,26,28). The fourth-order valence-electron chi connectivity index (χ4n) is 2.98. The van der Waals surface area contributed by atoms with E-state index in [1.807, 2.05) is 54.7 Å². The molecule has 0 bridgehead atoms. The second kappa shape index (κ2) is 8.83. The minimum atomic E-state index is -0.0143. The molecule has 0 atom stereocenters. The third-order valence-corrected chi connectivity index (χ3v) is 4.40. The second-order valence-electron chi connectivity index (χ2n) is 6.48. The minimum absolute atomic E-state index is 0.0143. The average Bonchev–Trinajstić information content (AvgIpc) is 3.16. The number of fused-ring (bicyclic) bond motifs is 1. The Morgan fingerprint density at radius 2 is 1.72 bits per heavy atom. The van der Waals surface area contributed by atoms with Gasteiger partial charge in [0, 0.05) is 48.3 Å². The number of carbonyl (C=O) groups is 1. The summed E-state index contributed by atoms with van der Waals surface area (Å²) in [4.78, 5) is 19.3. The third-order valence-electron chi connectivity index (χ3n) is 4.40. The third kappa shape index (κ3) is 4.86. The Balaban J connectivity index is 1.20. The molecular weight excluding hydrogens is 366 g/mol. The minimum Gasteiger partial charge on any atom is -0.367 e. The average molecular weight is 387 g/mol.